The highest BCUT2D eigenvalue weighted by Crippen LogP contribution is 2.32. The van der Waals surface area contributed by atoms with Gasteiger partial charge in [0.15, 0.2) is 5.69 Å². The van der Waals surface area contributed by atoms with Crippen LogP contribution in [0.1, 0.15) is 34.9 Å². The van der Waals surface area contributed by atoms with E-state index >= 15 is 0 Å². The first-order valence-corrected chi connectivity index (χ1v) is 8.19. The van der Waals surface area contributed by atoms with Crippen LogP contribution in [0.5, 0.6) is 0 Å². The number of rotatable bonds is 3. The van der Waals surface area contributed by atoms with Crippen molar-refractivity contribution in [1.82, 2.24) is 20.5 Å². The molecule has 3 aromatic rings. The Balaban J connectivity index is 1.91. The normalized spacial score (nSPS) is 15.7. The Hall–Kier alpha value is -2.73. The van der Waals surface area contributed by atoms with Gasteiger partial charge in [0, 0.05) is 16.9 Å². The first-order valence-electron chi connectivity index (χ1n) is 8.19. The summed E-state index contributed by atoms with van der Waals surface area (Å²) >= 11 is 0. The number of hydrogen-bond donors (Lipinski definition) is 3. The SMILES string of the molecule is NC(=O)c1nc(-c2ccccc2)cc2c(C3CCNCC3)n[nH]c12. The molecule has 0 aliphatic carbocycles. The van der Waals surface area contributed by atoms with Gasteiger partial charge in [-0.25, -0.2) is 4.98 Å². The van der Waals surface area contributed by atoms with E-state index in [1.54, 1.807) is 0 Å². The Bertz CT molecular complexity index is 881. The lowest BCUT2D eigenvalue weighted by Crippen LogP contribution is -2.26. The molecule has 4 rings (SSSR count). The quantitative estimate of drug-likeness (QED) is 0.689. The molecule has 6 heteroatoms. The first kappa shape index (κ1) is 14.8. The largest absolute Gasteiger partial charge is 0.364 e. The third-order valence-electron chi connectivity index (χ3n) is 4.61. The van der Waals surface area contributed by atoms with Crippen LogP contribution >= 0.6 is 0 Å². The van der Waals surface area contributed by atoms with Crippen LogP contribution in [0.4, 0.5) is 0 Å². The fourth-order valence-corrected chi connectivity index (χ4v) is 3.38. The fraction of sp³-hybridized carbons (Fsp3) is 0.278. The number of aromatic amines is 1. The summed E-state index contributed by atoms with van der Waals surface area (Å²) in [7, 11) is 0. The molecule has 1 aliphatic heterocycles. The maximum absolute atomic E-state index is 11.9. The predicted molar refractivity (Wildman–Crippen MR) is 92.7 cm³/mol. The van der Waals surface area contributed by atoms with Gasteiger partial charge in [-0.2, -0.15) is 5.10 Å². The summed E-state index contributed by atoms with van der Waals surface area (Å²) in [5.74, 6) is -0.162. The molecule has 1 aliphatic rings. The molecule has 1 saturated heterocycles. The number of amides is 1. The zero-order valence-corrected chi connectivity index (χ0v) is 13.2. The number of aromatic nitrogens is 3. The standard InChI is InChI=1S/C18H19N5O/c19-18(24)17-16-13(10-14(21-17)11-4-2-1-3-5-11)15(22-23-16)12-6-8-20-9-7-12/h1-5,10,12,20H,6-9H2,(H2,19,24)(H,22,23). The molecular weight excluding hydrogens is 302 g/mol. The van der Waals surface area contributed by atoms with Crippen molar-refractivity contribution in [3.8, 4) is 11.3 Å². The molecule has 0 bridgehead atoms. The molecule has 3 heterocycles. The lowest BCUT2D eigenvalue weighted by molar-refractivity contribution is 0.0997. The number of H-pyrrole nitrogens is 1. The molecule has 2 aromatic heterocycles. The Labute approximate surface area is 139 Å². The van der Waals surface area contributed by atoms with Gasteiger partial charge in [-0.1, -0.05) is 30.3 Å². The summed E-state index contributed by atoms with van der Waals surface area (Å²) < 4.78 is 0. The van der Waals surface area contributed by atoms with Crippen LogP contribution in [-0.4, -0.2) is 34.2 Å². The molecule has 0 radical (unpaired) electrons. The van der Waals surface area contributed by atoms with Crippen LogP contribution in [0.15, 0.2) is 36.4 Å². The van der Waals surface area contributed by atoms with Gasteiger partial charge in [-0.15, -0.1) is 0 Å². The molecule has 0 spiro atoms. The number of piperidine rings is 1. The average molecular weight is 321 g/mol. The van der Waals surface area contributed by atoms with E-state index in [0.29, 0.717) is 11.4 Å². The second-order valence-electron chi connectivity index (χ2n) is 6.14. The van der Waals surface area contributed by atoms with E-state index in [4.69, 9.17) is 5.73 Å². The van der Waals surface area contributed by atoms with Crippen molar-refractivity contribution >= 4 is 16.8 Å². The Morgan fingerprint density at radius 1 is 1.17 bits per heavy atom. The van der Waals surface area contributed by atoms with Gasteiger partial charge in [-0.05, 0) is 32.0 Å². The molecule has 122 valence electrons. The van der Waals surface area contributed by atoms with Crippen molar-refractivity contribution in [3.63, 3.8) is 0 Å². The first-order chi connectivity index (χ1) is 11.7. The maximum atomic E-state index is 11.9. The highest BCUT2D eigenvalue weighted by molar-refractivity contribution is 6.04. The van der Waals surface area contributed by atoms with Crippen molar-refractivity contribution in [2.45, 2.75) is 18.8 Å². The number of pyridine rings is 1. The van der Waals surface area contributed by atoms with Crippen molar-refractivity contribution in [1.29, 1.82) is 0 Å². The van der Waals surface area contributed by atoms with Gasteiger partial charge >= 0.3 is 0 Å². The van der Waals surface area contributed by atoms with Gasteiger partial charge in [0.25, 0.3) is 5.91 Å². The maximum Gasteiger partial charge on any atom is 0.269 e. The van der Waals surface area contributed by atoms with Crippen LogP contribution in [0.3, 0.4) is 0 Å². The van der Waals surface area contributed by atoms with Crippen LogP contribution in [-0.2, 0) is 0 Å². The molecule has 0 unspecified atom stereocenters. The molecule has 4 N–H and O–H groups in total. The molecule has 0 atom stereocenters. The van der Waals surface area contributed by atoms with Gasteiger partial charge in [0.1, 0.15) is 0 Å². The fourth-order valence-electron chi connectivity index (χ4n) is 3.38. The number of fused-ring (bicyclic) bond motifs is 1. The molecule has 24 heavy (non-hydrogen) atoms. The van der Waals surface area contributed by atoms with Gasteiger partial charge in [0.2, 0.25) is 0 Å². The number of primary amides is 1. The number of benzene rings is 1. The summed E-state index contributed by atoms with van der Waals surface area (Å²) in [5, 5.41) is 11.8. The summed E-state index contributed by atoms with van der Waals surface area (Å²) in [5.41, 5.74) is 9.15. The molecule has 1 amide bonds. The molecule has 0 saturated carbocycles. The summed E-state index contributed by atoms with van der Waals surface area (Å²) in [6, 6.07) is 11.8. The minimum atomic E-state index is -0.543. The Kier molecular flexibility index (Phi) is 3.74. The number of hydrogen-bond acceptors (Lipinski definition) is 4. The van der Waals surface area contributed by atoms with E-state index < -0.39 is 5.91 Å². The number of nitrogens with two attached hydrogens (primary N) is 1. The Morgan fingerprint density at radius 3 is 2.62 bits per heavy atom. The van der Waals surface area contributed by atoms with E-state index in [1.165, 1.54) is 0 Å². The minimum absolute atomic E-state index is 0.249. The number of nitrogens with zero attached hydrogens (tertiary/aromatic N) is 2. The number of nitrogens with one attached hydrogen (secondary N) is 2. The smallest absolute Gasteiger partial charge is 0.269 e. The van der Waals surface area contributed by atoms with Crippen LogP contribution in [0.2, 0.25) is 0 Å². The van der Waals surface area contributed by atoms with Crippen molar-refractivity contribution in [2.24, 2.45) is 5.73 Å². The molecular formula is C18H19N5O. The predicted octanol–water partition coefficient (Wildman–Crippen LogP) is 2.19. The monoisotopic (exact) mass is 321 g/mol. The van der Waals surface area contributed by atoms with Crippen molar-refractivity contribution < 1.29 is 4.79 Å². The molecule has 6 nitrogen and oxygen atoms in total. The Morgan fingerprint density at radius 2 is 1.92 bits per heavy atom. The van der Waals surface area contributed by atoms with Gasteiger partial charge in [0.05, 0.1) is 16.9 Å². The highest BCUT2D eigenvalue weighted by atomic mass is 16.1. The third-order valence-corrected chi connectivity index (χ3v) is 4.61. The lowest BCUT2D eigenvalue weighted by atomic mass is 9.92. The van der Waals surface area contributed by atoms with Crippen molar-refractivity contribution in [2.75, 3.05) is 13.1 Å². The molecule has 1 fully saturated rings. The second kappa shape index (κ2) is 6.05. The minimum Gasteiger partial charge on any atom is -0.364 e. The lowest BCUT2D eigenvalue weighted by Gasteiger charge is -2.21. The van der Waals surface area contributed by atoms with Crippen LogP contribution in [0.25, 0.3) is 22.2 Å². The highest BCUT2D eigenvalue weighted by Gasteiger charge is 2.23. The number of carbonyl (C=O) groups excluding carboxylic acids is 1. The van der Waals surface area contributed by atoms with Crippen molar-refractivity contribution in [3.05, 3.63) is 47.8 Å². The average Bonchev–Trinajstić information content (AvgIpc) is 3.06. The van der Waals surface area contributed by atoms with E-state index in [9.17, 15) is 4.79 Å². The van der Waals surface area contributed by atoms with Gasteiger partial charge < -0.3 is 11.1 Å². The topological polar surface area (TPSA) is 96.7 Å². The summed E-state index contributed by atoms with van der Waals surface area (Å²) in [6.45, 7) is 1.97. The number of carbonyl (C=O) groups is 1. The van der Waals surface area contributed by atoms with Gasteiger partial charge in [-0.3, -0.25) is 9.89 Å². The van der Waals surface area contributed by atoms with Crippen LogP contribution < -0.4 is 11.1 Å². The zero-order valence-electron chi connectivity index (χ0n) is 13.2. The summed E-state index contributed by atoms with van der Waals surface area (Å²) in [6.07, 6.45) is 2.07. The summed E-state index contributed by atoms with van der Waals surface area (Å²) in [4.78, 5) is 16.4. The molecule has 1 aromatic carbocycles. The van der Waals surface area contributed by atoms with E-state index in [2.05, 4.69) is 20.5 Å². The third kappa shape index (κ3) is 2.55. The van der Waals surface area contributed by atoms with Crippen LogP contribution in [0, 0.1) is 0 Å². The van der Waals surface area contributed by atoms with E-state index in [1.807, 2.05) is 36.4 Å². The van der Waals surface area contributed by atoms with E-state index in [-0.39, 0.29) is 5.69 Å². The zero-order chi connectivity index (χ0) is 16.5. The second-order valence-corrected chi connectivity index (χ2v) is 6.14. The van der Waals surface area contributed by atoms with E-state index in [0.717, 1.165) is 48.3 Å².